The summed E-state index contributed by atoms with van der Waals surface area (Å²) in [5.41, 5.74) is 1.34. The molecule has 6 nitrogen and oxygen atoms in total. The largest absolute Gasteiger partial charge is 0.468 e. The quantitative estimate of drug-likeness (QED) is 0.785. The number of esters is 1. The fourth-order valence-corrected chi connectivity index (χ4v) is 2.80. The van der Waals surface area contributed by atoms with E-state index in [9.17, 15) is 14.0 Å². The van der Waals surface area contributed by atoms with Gasteiger partial charge in [0.2, 0.25) is 5.91 Å². The highest BCUT2D eigenvalue weighted by Gasteiger charge is 2.47. The number of hydrogen-bond donors (Lipinski definition) is 0. The zero-order chi connectivity index (χ0) is 17.3. The SMILES string of the molecule is COC(=O)CN(C(=O)[C@@H]1C[C@H]1c1cnn(C)c1)c1cccc(F)c1. The average Bonchev–Trinajstić information content (AvgIpc) is 3.26. The Hall–Kier alpha value is -2.70. The Labute approximate surface area is 138 Å². The van der Waals surface area contributed by atoms with Crippen LogP contribution in [0.2, 0.25) is 0 Å². The first-order chi connectivity index (χ1) is 11.5. The average molecular weight is 331 g/mol. The minimum absolute atomic E-state index is 0.0832. The summed E-state index contributed by atoms with van der Waals surface area (Å²) in [5.74, 6) is -1.37. The number of ether oxygens (including phenoxy) is 1. The fourth-order valence-electron chi connectivity index (χ4n) is 2.80. The Morgan fingerprint density at radius 3 is 2.88 bits per heavy atom. The number of nitrogens with zero attached hydrogens (tertiary/aromatic N) is 3. The molecule has 1 aromatic carbocycles. The van der Waals surface area contributed by atoms with Gasteiger partial charge in [-0.1, -0.05) is 6.07 Å². The first-order valence-corrected chi connectivity index (χ1v) is 7.62. The molecule has 1 fully saturated rings. The molecule has 1 amide bonds. The maximum atomic E-state index is 13.5. The topological polar surface area (TPSA) is 64.4 Å². The smallest absolute Gasteiger partial charge is 0.325 e. The van der Waals surface area contributed by atoms with Gasteiger partial charge in [0, 0.05) is 24.8 Å². The Kier molecular flexibility index (Phi) is 4.33. The molecule has 2 atom stereocenters. The van der Waals surface area contributed by atoms with Crippen molar-refractivity contribution in [2.45, 2.75) is 12.3 Å². The van der Waals surface area contributed by atoms with Gasteiger partial charge < -0.3 is 9.64 Å². The van der Waals surface area contributed by atoms with Crippen molar-refractivity contribution in [3.63, 3.8) is 0 Å². The number of halogens is 1. The van der Waals surface area contributed by atoms with Gasteiger partial charge in [-0.25, -0.2) is 4.39 Å². The van der Waals surface area contributed by atoms with Crippen molar-refractivity contribution in [1.29, 1.82) is 0 Å². The van der Waals surface area contributed by atoms with Crippen molar-refractivity contribution in [1.82, 2.24) is 9.78 Å². The summed E-state index contributed by atoms with van der Waals surface area (Å²) in [6, 6.07) is 5.64. The Morgan fingerprint density at radius 2 is 2.25 bits per heavy atom. The summed E-state index contributed by atoms with van der Waals surface area (Å²) < 4.78 is 19.9. The van der Waals surface area contributed by atoms with E-state index in [1.165, 1.54) is 30.2 Å². The highest BCUT2D eigenvalue weighted by Crippen LogP contribution is 2.48. The van der Waals surface area contributed by atoms with Crippen LogP contribution in [0.1, 0.15) is 17.9 Å². The molecule has 1 aliphatic carbocycles. The van der Waals surface area contributed by atoms with Crippen molar-refractivity contribution in [2.75, 3.05) is 18.6 Å². The molecule has 0 N–H and O–H groups in total. The van der Waals surface area contributed by atoms with Crippen molar-refractivity contribution in [3.8, 4) is 0 Å². The van der Waals surface area contributed by atoms with Crippen LogP contribution in [0.4, 0.5) is 10.1 Å². The number of carbonyl (C=O) groups is 2. The number of carbonyl (C=O) groups excluding carboxylic acids is 2. The van der Waals surface area contributed by atoms with E-state index in [0.717, 1.165) is 5.56 Å². The number of methoxy groups -OCH3 is 1. The van der Waals surface area contributed by atoms with Crippen molar-refractivity contribution < 1.29 is 18.7 Å². The maximum Gasteiger partial charge on any atom is 0.325 e. The van der Waals surface area contributed by atoms with Crippen molar-refractivity contribution in [3.05, 3.63) is 48.0 Å². The van der Waals surface area contributed by atoms with E-state index < -0.39 is 11.8 Å². The molecule has 0 radical (unpaired) electrons. The van der Waals surface area contributed by atoms with Crippen molar-refractivity contribution >= 4 is 17.6 Å². The van der Waals surface area contributed by atoms with E-state index in [-0.39, 0.29) is 24.3 Å². The summed E-state index contributed by atoms with van der Waals surface area (Å²) in [4.78, 5) is 25.8. The van der Waals surface area contributed by atoms with Crippen LogP contribution in [0, 0.1) is 11.7 Å². The van der Waals surface area contributed by atoms with Gasteiger partial charge in [0.05, 0.1) is 13.3 Å². The third-order valence-corrected chi connectivity index (χ3v) is 4.16. The molecule has 0 aliphatic heterocycles. The molecule has 1 aliphatic rings. The molecule has 2 aromatic rings. The molecule has 7 heteroatoms. The lowest BCUT2D eigenvalue weighted by molar-refractivity contribution is -0.140. The molecule has 0 unspecified atom stereocenters. The second kappa shape index (κ2) is 6.43. The molecule has 126 valence electrons. The molecule has 1 aromatic heterocycles. The fraction of sp³-hybridized carbons (Fsp3) is 0.353. The van der Waals surface area contributed by atoms with Gasteiger partial charge in [0.1, 0.15) is 12.4 Å². The van der Waals surface area contributed by atoms with Gasteiger partial charge in [-0.15, -0.1) is 0 Å². The first-order valence-electron chi connectivity index (χ1n) is 7.62. The molecule has 3 rings (SSSR count). The third kappa shape index (κ3) is 3.29. The minimum atomic E-state index is -0.550. The van der Waals surface area contributed by atoms with Gasteiger partial charge in [0.25, 0.3) is 0 Å². The van der Waals surface area contributed by atoms with Gasteiger partial charge in [0.15, 0.2) is 0 Å². The van der Waals surface area contributed by atoms with Crippen LogP contribution in [-0.4, -0.2) is 35.3 Å². The van der Waals surface area contributed by atoms with Gasteiger partial charge >= 0.3 is 5.97 Å². The molecule has 0 spiro atoms. The monoisotopic (exact) mass is 331 g/mol. The summed E-state index contributed by atoms with van der Waals surface area (Å²) in [7, 11) is 3.07. The standard InChI is InChI=1S/C17H18FN3O3/c1-20-9-11(8-19-20)14-7-15(14)17(23)21(10-16(22)24-2)13-5-3-4-12(18)6-13/h3-6,8-9,14-15H,7,10H2,1-2H3/t14-,15+/m0/s1. The van der Waals surface area contributed by atoms with Crippen LogP contribution in [0.25, 0.3) is 0 Å². The number of hydrogen-bond acceptors (Lipinski definition) is 4. The van der Waals surface area contributed by atoms with E-state index in [1.807, 2.05) is 13.2 Å². The van der Waals surface area contributed by atoms with Crippen LogP contribution in [0.5, 0.6) is 0 Å². The van der Waals surface area contributed by atoms with Gasteiger partial charge in [-0.05, 0) is 36.1 Å². The van der Waals surface area contributed by atoms with Crippen LogP contribution in [-0.2, 0) is 21.4 Å². The van der Waals surface area contributed by atoms with E-state index in [1.54, 1.807) is 16.9 Å². The van der Waals surface area contributed by atoms with Crippen LogP contribution in [0.3, 0.4) is 0 Å². The summed E-state index contributed by atoms with van der Waals surface area (Å²) in [6.45, 7) is -0.241. The third-order valence-electron chi connectivity index (χ3n) is 4.16. The highest BCUT2D eigenvalue weighted by molar-refractivity contribution is 6.00. The lowest BCUT2D eigenvalue weighted by Crippen LogP contribution is -2.37. The minimum Gasteiger partial charge on any atom is -0.468 e. The summed E-state index contributed by atoms with van der Waals surface area (Å²) in [5, 5.41) is 4.12. The second-order valence-corrected chi connectivity index (χ2v) is 5.88. The lowest BCUT2D eigenvalue weighted by atomic mass is 10.1. The van der Waals surface area contributed by atoms with E-state index in [2.05, 4.69) is 9.84 Å². The highest BCUT2D eigenvalue weighted by atomic mass is 19.1. The van der Waals surface area contributed by atoms with Crippen LogP contribution < -0.4 is 4.90 Å². The predicted molar refractivity (Wildman–Crippen MR) is 84.8 cm³/mol. The zero-order valence-corrected chi connectivity index (χ0v) is 13.5. The van der Waals surface area contributed by atoms with E-state index in [0.29, 0.717) is 12.1 Å². The summed E-state index contributed by atoms with van der Waals surface area (Å²) in [6.07, 6.45) is 4.31. The number of benzene rings is 1. The number of rotatable bonds is 5. The molecule has 0 saturated heterocycles. The molecular formula is C17H18FN3O3. The summed E-state index contributed by atoms with van der Waals surface area (Å²) >= 11 is 0. The lowest BCUT2D eigenvalue weighted by Gasteiger charge is -2.22. The van der Waals surface area contributed by atoms with E-state index >= 15 is 0 Å². The number of aryl methyl sites for hydroxylation is 1. The Balaban J connectivity index is 1.80. The second-order valence-electron chi connectivity index (χ2n) is 5.88. The molecule has 0 bridgehead atoms. The van der Waals surface area contributed by atoms with Crippen LogP contribution in [0.15, 0.2) is 36.7 Å². The maximum absolute atomic E-state index is 13.5. The zero-order valence-electron chi connectivity index (χ0n) is 13.5. The van der Waals surface area contributed by atoms with E-state index in [4.69, 9.17) is 0 Å². The first kappa shape index (κ1) is 16.2. The number of amides is 1. The normalized spacial score (nSPS) is 19.0. The molecule has 24 heavy (non-hydrogen) atoms. The molecular weight excluding hydrogens is 313 g/mol. The number of aromatic nitrogens is 2. The predicted octanol–water partition coefficient (Wildman–Crippen LogP) is 1.87. The van der Waals surface area contributed by atoms with Gasteiger partial charge in [-0.3, -0.25) is 14.3 Å². The van der Waals surface area contributed by atoms with Gasteiger partial charge in [-0.2, -0.15) is 5.10 Å². The van der Waals surface area contributed by atoms with Crippen LogP contribution >= 0.6 is 0 Å². The Morgan fingerprint density at radius 1 is 1.46 bits per heavy atom. The Bertz CT molecular complexity index is 774. The number of anilines is 1. The molecule has 1 saturated carbocycles. The van der Waals surface area contributed by atoms with Crippen molar-refractivity contribution in [2.24, 2.45) is 13.0 Å². The molecule has 1 heterocycles.